The Labute approximate surface area is 67.8 Å². The molecule has 0 aliphatic rings. The molecule has 10 heavy (non-hydrogen) atoms. The average molecular weight is 199 g/mol. The molecule has 1 aromatic rings. The van der Waals surface area contributed by atoms with E-state index in [1.807, 2.05) is 12.1 Å². The summed E-state index contributed by atoms with van der Waals surface area (Å²) in [7, 11) is 0. The van der Waals surface area contributed by atoms with E-state index in [0.717, 1.165) is 10.0 Å². The van der Waals surface area contributed by atoms with E-state index >= 15 is 0 Å². The predicted octanol–water partition coefficient (Wildman–Crippen LogP) is 2.12. The van der Waals surface area contributed by atoms with Crippen molar-refractivity contribution in [3.05, 3.63) is 44.5 Å². The molecule has 0 unspecified atom stereocenters. The fourth-order valence-corrected chi connectivity index (χ4v) is 1.18. The minimum absolute atomic E-state index is 0.0747. The fourth-order valence-electron chi connectivity index (χ4n) is 0.685. The lowest BCUT2D eigenvalue weighted by molar-refractivity contribution is 1.43. The monoisotopic (exact) mass is 198 g/mol. The number of halogens is 1. The van der Waals surface area contributed by atoms with Crippen molar-refractivity contribution in [2.45, 2.75) is 6.92 Å². The van der Waals surface area contributed by atoms with Crippen LogP contribution in [0.5, 0.6) is 0 Å². The Morgan fingerprint density at radius 2 is 2.10 bits per heavy atom. The summed E-state index contributed by atoms with van der Waals surface area (Å²) in [5.41, 5.74) is 0.836. The van der Waals surface area contributed by atoms with Crippen molar-refractivity contribution in [2.24, 2.45) is 0 Å². The second-order valence-electron chi connectivity index (χ2n) is 2.10. The summed E-state index contributed by atoms with van der Waals surface area (Å²) in [5, 5.41) is 0. The van der Waals surface area contributed by atoms with Crippen LogP contribution in [-0.4, -0.2) is 0 Å². The first-order chi connectivity index (χ1) is 4.70. The molecule has 0 saturated carbocycles. The first-order valence-corrected chi connectivity index (χ1v) is 3.76. The van der Waals surface area contributed by atoms with Gasteiger partial charge in [0.25, 0.3) is 0 Å². The maximum atomic E-state index is 11.0. The van der Waals surface area contributed by atoms with Gasteiger partial charge in [0.2, 0.25) is 0 Å². The summed E-state index contributed by atoms with van der Waals surface area (Å²) in [5.74, 6) is 0. The van der Waals surface area contributed by atoms with Gasteiger partial charge < -0.3 is 0 Å². The van der Waals surface area contributed by atoms with Crippen LogP contribution in [0.3, 0.4) is 0 Å². The summed E-state index contributed by atoms with van der Waals surface area (Å²) < 4.78 is 0.937. The van der Waals surface area contributed by atoms with E-state index in [9.17, 15) is 4.79 Å². The highest BCUT2D eigenvalue weighted by Gasteiger charge is 1.88. The average Bonchev–Trinajstić information content (AvgIpc) is 1.96. The second kappa shape index (κ2) is 2.97. The molecule has 0 N–H and O–H groups in total. The predicted molar refractivity (Wildman–Crippen MR) is 45.1 cm³/mol. The first-order valence-electron chi connectivity index (χ1n) is 2.96. The van der Waals surface area contributed by atoms with Crippen LogP contribution in [-0.2, 0) is 0 Å². The minimum Gasteiger partial charge on any atom is -0.290 e. The topological polar surface area (TPSA) is 17.1 Å². The summed E-state index contributed by atoms with van der Waals surface area (Å²) >= 11 is 3.29. The van der Waals surface area contributed by atoms with Crippen LogP contribution in [0.25, 0.3) is 0 Å². The summed E-state index contributed by atoms with van der Waals surface area (Å²) in [4.78, 5) is 11.0. The van der Waals surface area contributed by atoms with E-state index in [-0.39, 0.29) is 5.43 Å². The molecule has 2 heteroatoms. The molecule has 0 aliphatic carbocycles. The lowest BCUT2D eigenvalue weighted by atomic mass is 10.3. The van der Waals surface area contributed by atoms with Gasteiger partial charge in [0.05, 0.1) is 0 Å². The smallest absolute Gasteiger partial charge is 0.181 e. The zero-order chi connectivity index (χ0) is 7.56. The molecule has 1 rings (SSSR count). The van der Waals surface area contributed by atoms with Crippen LogP contribution in [0, 0.1) is 6.92 Å². The third-order valence-corrected chi connectivity index (χ3v) is 1.74. The van der Waals surface area contributed by atoms with Gasteiger partial charge in [-0.3, -0.25) is 4.79 Å². The van der Waals surface area contributed by atoms with Gasteiger partial charge in [-0.2, -0.15) is 0 Å². The molecule has 0 spiro atoms. The lowest BCUT2D eigenvalue weighted by Gasteiger charge is -1.79. The number of aryl methyl sites for hydroxylation is 1. The zero-order valence-electron chi connectivity index (χ0n) is 5.60. The molecule has 0 fully saturated rings. The van der Waals surface area contributed by atoms with Crippen molar-refractivity contribution in [3.8, 4) is 0 Å². The molecule has 0 radical (unpaired) electrons. The molecule has 0 heterocycles. The van der Waals surface area contributed by atoms with E-state index in [1.54, 1.807) is 19.1 Å². The van der Waals surface area contributed by atoms with Gasteiger partial charge in [0.15, 0.2) is 5.43 Å². The van der Waals surface area contributed by atoms with Gasteiger partial charge in [0, 0.05) is 4.47 Å². The molecule has 1 nitrogen and oxygen atoms in total. The zero-order valence-corrected chi connectivity index (χ0v) is 7.18. The van der Waals surface area contributed by atoms with Gasteiger partial charge in [0.1, 0.15) is 0 Å². The van der Waals surface area contributed by atoms with Crippen LogP contribution in [0.1, 0.15) is 5.56 Å². The van der Waals surface area contributed by atoms with Crippen LogP contribution in [0.2, 0.25) is 0 Å². The van der Waals surface area contributed by atoms with Crippen molar-refractivity contribution in [2.75, 3.05) is 0 Å². The highest BCUT2D eigenvalue weighted by molar-refractivity contribution is 9.10. The molecular formula is C8H7BrO. The maximum absolute atomic E-state index is 11.0. The molecule has 52 valence electrons. The van der Waals surface area contributed by atoms with Gasteiger partial charge in [-0.05, 0) is 30.7 Å². The second-order valence-corrected chi connectivity index (χ2v) is 3.02. The summed E-state index contributed by atoms with van der Waals surface area (Å²) in [6, 6.07) is 6.94. The van der Waals surface area contributed by atoms with Gasteiger partial charge in [-0.25, -0.2) is 0 Å². The molecule has 1 aromatic carbocycles. The molecule has 0 atom stereocenters. The Bertz CT molecular complexity index is 293. The van der Waals surface area contributed by atoms with E-state index in [2.05, 4.69) is 15.9 Å². The van der Waals surface area contributed by atoms with Crippen molar-refractivity contribution in [1.29, 1.82) is 0 Å². The SMILES string of the molecule is Cc1cc(Br)cccc1=O. The highest BCUT2D eigenvalue weighted by Crippen LogP contribution is 2.05. The van der Waals surface area contributed by atoms with Crippen molar-refractivity contribution < 1.29 is 0 Å². The number of rotatable bonds is 0. The van der Waals surface area contributed by atoms with Crippen molar-refractivity contribution in [3.63, 3.8) is 0 Å². The number of hydrogen-bond donors (Lipinski definition) is 0. The van der Waals surface area contributed by atoms with Crippen LogP contribution in [0.4, 0.5) is 0 Å². The third-order valence-electron chi connectivity index (χ3n) is 1.25. The van der Waals surface area contributed by atoms with Gasteiger partial charge in [-0.1, -0.05) is 22.0 Å². The molecule has 0 amide bonds. The minimum atomic E-state index is 0.0747. The molecule has 0 aromatic heterocycles. The number of hydrogen-bond acceptors (Lipinski definition) is 1. The van der Waals surface area contributed by atoms with Gasteiger partial charge in [-0.15, -0.1) is 0 Å². The molecule has 0 aliphatic heterocycles. The third kappa shape index (κ3) is 1.67. The maximum Gasteiger partial charge on any atom is 0.181 e. The lowest BCUT2D eigenvalue weighted by Crippen LogP contribution is -1.96. The molecular weight excluding hydrogens is 192 g/mol. The standard InChI is InChI=1S/C8H7BrO/c1-6-5-7(9)3-2-4-8(6)10/h2-5H,1H3. The van der Waals surface area contributed by atoms with E-state index < -0.39 is 0 Å². The first kappa shape index (κ1) is 7.48. The van der Waals surface area contributed by atoms with Gasteiger partial charge >= 0.3 is 0 Å². The normalized spacial score (nSPS) is 9.40. The van der Waals surface area contributed by atoms with E-state index in [4.69, 9.17) is 0 Å². The summed E-state index contributed by atoms with van der Waals surface area (Å²) in [6.45, 7) is 1.80. The van der Waals surface area contributed by atoms with Crippen LogP contribution >= 0.6 is 15.9 Å². The Hall–Kier alpha value is -0.630. The Kier molecular flexibility index (Phi) is 2.22. The Morgan fingerprint density at radius 3 is 2.80 bits per heavy atom. The molecule has 0 saturated heterocycles. The Morgan fingerprint density at radius 1 is 1.40 bits per heavy atom. The molecule has 0 bridgehead atoms. The van der Waals surface area contributed by atoms with Crippen LogP contribution in [0.15, 0.2) is 33.5 Å². The van der Waals surface area contributed by atoms with Crippen molar-refractivity contribution in [1.82, 2.24) is 0 Å². The van der Waals surface area contributed by atoms with Crippen LogP contribution < -0.4 is 5.43 Å². The quantitative estimate of drug-likeness (QED) is 0.625. The van der Waals surface area contributed by atoms with E-state index in [1.165, 1.54) is 0 Å². The largest absolute Gasteiger partial charge is 0.290 e. The van der Waals surface area contributed by atoms with E-state index in [0.29, 0.717) is 0 Å². The fraction of sp³-hybridized carbons (Fsp3) is 0.125. The van der Waals surface area contributed by atoms with Crippen molar-refractivity contribution >= 4 is 15.9 Å². The Balaban J connectivity index is 3.46. The summed E-state index contributed by atoms with van der Waals surface area (Å²) in [6.07, 6.45) is 0. The highest BCUT2D eigenvalue weighted by atomic mass is 79.9.